The van der Waals surface area contributed by atoms with E-state index in [0.29, 0.717) is 22.9 Å². The molecule has 1 aliphatic rings. The number of hydrogen-bond donors (Lipinski definition) is 1. The summed E-state index contributed by atoms with van der Waals surface area (Å²) in [6, 6.07) is 9.40. The first-order valence-electron chi connectivity index (χ1n) is 9.81. The molecule has 2 aromatic carbocycles. The van der Waals surface area contributed by atoms with Crippen molar-refractivity contribution in [3.8, 4) is 22.6 Å². The second-order valence-corrected chi connectivity index (χ2v) is 7.12. The van der Waals surface area contributed by atoms with Gasteiger partial charge >= 0.3 is 5.97 Å². The molecule has 0 bridgehead atoms. The number of nitrogens with zero attached hydrogens (tertiary/aromatic N) is 4. The predicted octanol–water partition coefficient (Wildman–Crippen LogP) is 3.00. The highest BCUT2D eigenvalue weighted by Gasteiger charge is 2.28. The molecular formula is C23H23N5O4. The average Bonchev–Trinajstić information content (AvgIpc) is 3.19. The van der Waals surface area contributed by atoms with Crippen molar-refractivity contribution >= 4 is 34.9 Å². The maximum atomic E-state index is 12.6. The van der Waals surface area contributed by atoms with Gasteiger partial charge in [0.25, 0.3) is 0 Å². The van der Waals surface area contributed by atoms with Crippen molar-refractivity contribution in [1.29, 1.82) is 0 Å². The molecule has 0 spiro atoms. The molecule has 0 saturated heterocycles. The fourth-order valence-corrected chi connectivity index (χ4v) is 3.70. The summed E-state index contributed by atoms with van der Waals surface area (Å²) in [5.41, 5.74) is 8.83. The van der Waals surface area contributed by atoms with Gasteiger partial charge in [-0.25, -0.2) is 14.8 Å². The number of carbonyl (C=O) groups excluding carboxylic acids is 1. The number of esters is 1. The smallest absolute Gasteiger partial charge is 0.339 e. The van der Waals surface area contributed by atoms with Crippen molar-refractivity contribution in [3.05, 3.63) is 47.7 Å². The van der Waals surface area contributed by atoms with Gasteiger partial charge in [-0.05, 0) is 41.1 Å². The van der Waals surface area contributed by atoms with Crippen LogP contribution in [0, 0.1) is 0 Å². The number of cyclic esters (lactones) is 1. The minimum absolute atomic E-state index is 0.228. The number of ether oxygens (including phenoxy) is 3. The van der Waals surface area contributed by atoms with Crippen molar-refractivity contribution < 1.29 is 19.0 Å². The predicted molar refractivity (Wildman–Crippen MR) is 124 cm³/mol. The fraction of sp³-hybridized carbons (Fsp3) is 0.217. The van der Waals surface area contributed by atoms with E-state index in [9.17, 15) is 4.79 Å². The van der Waals surface area contributed by atoms with E-state index in [2.05, 4.69) is 15.0 Å². The third kappa shape index (κ3) is 3.58. The van der Waals surface area contributed by atoms with Crippen molar-refractivity contribution in [2.75, 3.05) is 33.2 Å². The molecule has 4 rings (SSSR count). The van der Waals surface area contributed by atoms with Crippen molar-refractivity contribution in [2.24, 2.45) is 15.7 Å². The quantitative estimate of drug-likeness (QED) is 0.374. The summed E-state index contributed by atoms with van der Waals surface area (Å²) < 4.78 is 16.3. The molecule has 164 valence electrons. The number of guanidine groups is 1. The van der Waals surface area contributed by atoms with Crippen LogP contribution < -0.4 is 20.1 Å². The zero-order chi connectivity index (χ0) is 22.8. The van der Waals surface area contributed by atoms with Gasteiger partial charge in [-0.2, -0.15) is 0 Å². The van der Waals surface area contributed by atoms with Crippen LogP contribution in [0.3, 0.4) is 0 Å². The number of aliphatic imine (C=N–C) groups is 2. The molecule has 9 nitrogen and oxygen atoms in total. The van der Waals surface area contributed by atoms with E-state index in [4.69, 9.17) is 19.9 Å². The van der Waals surface area contributed by atoms with Crippen LogP contribution in [-0.2, 0) is 11.3 Å². The monoisotopic (exact) mass is 433 g/mol. The number of nitrogens with two attached hydrogens (primary N) is 1. The Labute approximate surface area is 185 Å². The molecule has 1 aromatic heterocycles. The first-order valence-corrected chi connectivity index (χ1v) is 9.81. The summed E-state index contributed by atoms with van der Waals surface area (Å²) in [6.07, 6.45) is 3.07. The zero-order valence-corrected chi connectivity index (χ0v) is 18.2. The van der Waals surface area contributed by atoms with Crippen LogP contribution in [0.15, 0.2) is 46.5 Å². The summed E-state index contributed by atoms with van der Waals surface area (Å²) in [4.78, 5) is 26.6. The van der Waals surface area contributed by atoms with Gasteiger partial charge in [0.15, 0.2) is 11.5 Å². The lowest BCUT2D eigenvalue weighted by molar-refractivity contribution is 0.0535. The molecular weight excluding hydrogens is 410 g/mol. The summed E-state index contributed by atoms with van der Waals surface area (Å²) in [5, 5.41) is 1.74. The molecule has 0 unspecified atom stereocenters. The van der Waals surface area contributed by atoms with Gasteiger partial charge in [0.2, 0.25) is 5.96 Å². The Hall–Kier alpha value is -4.14. The number of anilines is 1. The second-order valence-electron chi connectivity index (χ2n) is 7.12. The third-order valence-electron chi connectivity index (χ3n) is 5.32. The summed E-state index contributed by atoms with van der Waals surface area (Å²) in [7, 11) is 6.54. The minimum atomic E-state index is -0.358. The van der Waals surface area contributed by atoms with Gasteiger partial charge in [0.1, 0.15) is 18.8 Å². The van der Waals surface area contributed by atoms with E-state index in [-0.39, 0.29) is 18.5 Å². The number of fused-ring (bicyclic) bond motifs is 2. The standard InChI is InChI=1S/C23H23N5O4/c1-25-12-27-23(24)28(2)19-6-5-13(10-26-19)20-16-9-18(31-4)17(30-3)8-14(16)7-15-11-32-22(29)21(15)20/h5-10,12H,11H2,1-4H3,(H2,24,25,27). The van der Waals surface area contributed by atoms with Crippen LogP contribution in [0.2, 0.25) is 0 Å². The van der Waals surface area contributed by atoms with Gasteiger partial charge < -0.3 is 24.8 Å². The summed E-state index contributed by atoms with van der Waals surface area (Å²) in [6.45, 7) is 0.228. The first-order chi connectivity index (χ1) is 15.5. The highest BCUT2D eigenvalue weighted by atomic mass is 16.5. The number of methoxy groups -OCH3 is 2. The summed E-state index contributed by atoms with van der Waals surface area (Å²) >= 11 is 0. The molecule has 0 radical (unpaired) electrons. The molecule has 2 heterocycles. The Bertz CT molecular complexity index is 1250. The molecule has 0 saturated carbocycles. The van der Waals surface area contributed by atoms with E-state index in [1.165, 1.54) is 6.34 Å². The largest absolute Gasteiger partial charge is 0.493 e. The maximum Gasteiger partial charge on any atom is 0.339 e. The van der Waals surface area contributed by atoms with Gasteiger partial charge in [-0.3, -0.25) is 4.99 Å². The van der Waals surface area contributed by atoms with Gasteiger partial charge in [0.05, 0.1) is 19.8 Å². The van der Waals surface area contributed by atoms with Crippen molar-refractivity contribution in [2.45, 2.75) is 6.61 Å². The topological polar surface area (TPSA) is 112 Å². The number of hydrogen-bond acceptors (Lipinski definition) is 6. The number of carbonyl (C=O) groups is 1. The van der Waals surface area contributed by atoms with Gasteiger partial charge in [0, 0.05) is 37.0 Å². The average molecular weight is 433 g/mol. The molecule has 32 heavy (non-hydrogen) atoms. The van der Waals surface area contributed by atoms with Gasteiger partial charge in [-0.1, -0.05) is 0 Å². The van der Waals surface area contributed by atoms with Crippen LogP contribution in [-0.4, -0.2) is 51.6 Å². The summed E-state index contributed by atoms with van der Waals surface area (Å²) in [5.74, 6) is 1.67. The van der Waals surface area contributed by atoms with Crippen LogP contribution in [0.25, 0.3) is 21.9 Å². The van der Waals surface area contributed by atoms with Gasteiger partial charge in [-0.15, -0.1) is 0 Å². The number of pyridine rings is 1. The molecule has 1 aliphatic heterocycles. The molecule has 0 aliphatic carbocycles. The molecule has 3 aromatic rings. The fourth-order valence-electron chi connectivity index (χ4n) is 3.70. The lowest BCUT2D eigenvalue weighted by Gasteiger charge is -2.18. The number of aromatic nitrogens is 1. The minimum Gasteiger partial charge on any atom is -0.493 e. The lowest BCUT2D eigenvalue weighted by atomic mass is 9.91. The van der Waals surface area contributed by atoms with Crippen LogP contribution in [0.4, 0.5) is 5.82 Å². The molecule has 0 amide bonds. The van der Waals surface area contributed by atoms with Crippen LogP contribution >= 0.6 is 0 Å². The van der Waals surface area contributed by atoms with E-state index < -0.39 is 0 Å². The van der Waals surface area contributed by atoms with Crippen molar-refractivity contribution in [3.63, 3.8) is 0 Å². The Morgan fingerprint density at radius 3 is 2.59 bits per heavy atom. The maximum absolute atomic E-state index is 12.6. The van der Waals surface area contributed by atoms with E-state index >= 15 is 0 Å². The lowest BCUT2D eigenvalue weighted by Crippen LogP contribution is -2.34. The number of benzene rings is 2. The van der Waals surface area contributed by atoms with Crippen molar-refractivity contribution in [1.82, 2.24) is 4.98 Å². The zero-order valence-electron chi connectivity index (χ0n) is 18.2. The highest BCUT2D eigenvalue weighted by Crippen LogP contribution is 2.42. The van der Waals surface area contributed by atoms with E-state index in [1.807, 2.05) is 30.3 Å². The van der Waals surface area contributed by atoms with E-state index in [0.717, 1.165) is 27.5 Å². The Morgan fingerprint density at radius 1 is 1.19 bits per heavy atom. The molecule has 2 N–H and O–H groups in total. The van der Waals surface area contributed by atoms with Crippen LogP contribution in [0.1, 0.15) is 15.9 Å². The Balaban J connectivity index is 1.88. The second kappa shape index (κ2) is 8.54. The molecule has 9 heteroatoms. The first kappa shape index (κ1) is 21.1. The highest BCUT2D eigenvalue weighted by molar-refractivity contribution is 6.11. The Kier molecular flexibility index (Phi) is 5.63. The Morgan fingerprint density at radius 2 is 1.94 bits per heavy atom. The molecule has 0 atom stereocenters. The normalized spacial score (nSPS) is 13.4. The molecule has 0 fully saturated rings. The number of rotatable bonds is 5. The van der Waals surface area contributed by atoms with Crippen LogP contribution in [0.5, 0.6) is 11.5 Å². The SMILES string of the molecule is CN=CN=C(N)N(C)c1ccc(-c2c3c(cc4cc(OC)c(OC)cc24)COC3=O)cn1. The third-order valence-corrected chi connectivity index (χ3v) is 5.32. The van der Waals surface area contributed by atoms with E-state index in [1.54, 1.807) is 39.4 Å².